The van der Waals surface area contributed by atoms with E-state index < -0.39 is 35.4 Å². The van der Waals surface area contributed by atoms with E-state index in [1.165, 1.54) is 12.2 Å². The normalized spacial score (nSPS) is 35.4. The number of esters is 3. The zero-order valence-corrected chi connectivity index (χ0v) is 23.9. The molecule has 5 rings (SSSR count). The fourth-order valence-electron chi connectivity index (χ4n) is 6.61. The SMILES string of the molecule is CC1CCCCC12OC(=O)C(=CC=C1C=C(C=CC3=C([O-])OC4(CCCCC4C)OC3=O)CC(C)(C)C1)C(=O)O2. The Morgan fingerprint density at radius 1 is 0.775 bits per heavy atom. The number of hydrogen-bond donors (Lipinski definition) is 0. The van der Waals surface area contributed by atoms with Gasteiger partial charge in [0.15, 0.2) is 5.79 Å². The van der Waals surface area contributed by atoms with Crippen LogP contribution in [0.2, 0.25) is 0 Å². The summed E-state index contributed by atoms with van der Waals surface area (Å²) in [6.45, 7) is 8.10. The fourth-order valence-corrected chi connectivity index (χ4v) is 6.61. The highest BCUT2D eigenvalue weighted by atomic mass is 16.8. The summed E-state index contributed by atoms with van der Waals surface area (Å²) in [7, 11) is 0. The molecule has 0 amide bonds. The van der Waals surface area contributed by atoms with Gasteiger partial charge in [0.05, 0.1) is 11.5 Å². The van der Waals surface area contributed by atoms with Crippen molar-refractivity contribution in [2.45, 2.75) is 103 Å². The molecule has 2 saturated carbocycles. The Morgan fingerprint density at radius 3 is 1.93 bits per heavy atom. The summed E-state index contributed by atoms with van der Waals surface area (Å²) in [6.07, 6.45) is 16.2. The van der Waals surface area contributed by atoms with E-state index in [1.54, 1.807) is 12.2 Å². The van der Waals surface area contributed by atoms with Gasteiger partial charge in [-0.05, 0) is 73.7 Å². The van der Waals surface area contributed by atoms with Gasteiger partial charge in [0.1, 0.15) is 5.57 Å². The first kappa shape index (κ1) is 28.2. The van der Waals surface area contributed by atoms with Crippen LogP contribution in [0.5, 0.6) is 0 Å². The van der Waals surface area contributed by atoms with Crippen LogP contribution < -0.4 is 5.11 Å². The van der Waals surface area contributed by atoms with Crippen molar-refractivity contribution in [1.82, 2.24) is 0 Å². The summed E-state index contributed by atoms with van der Waals surface area (Å²) in [5.41, 5.74) is 1.40. The molecule has 0 aromatic heterocycles. The van der Waals surface area contributed by atoms with E-state index in [0.29, 0.717) is 25.7 Å². The van der Waals surface area contributed by atoms with Gasteiger partial charge in [-0.2, -0.15) is 0 Å². The average molecular weight is 552 g/mol. The van der Waals surface area contributed by atoms with Crippen LogP contribution in [-0.4, -0.2) is 29.5 Å². The molecule has 0 N–H and O–H groups in total. The summed E-state index contributed by atoms with van der Waals surface area (Å²) >= 11 is 0. The molecule has 0 aromatic carbocycles. The van der Waals surface area contributed by atoms with Crippen molar-refractivity contribution < 1.29 is 38.4 Å². The van der Waals surface area contributed by atoms with Gasteiger partial charge in [-0.3, -0.25) is 0 Å². The van der Waals surface area contributed by atoms with Crippen molar-refractivity contribution in [2.24, 2.45) is 17.3 Å². The maximum Gasteiger partial charge on any atom is 0.348 e. The lowest BCUT2D eigenvalue weighted by Crippen LogP contribution is -2.52. The van der Waals surface area contributed by atoms with E-state index in [1.807, 2.05) is 19.9 Å². The summed E-state index contributed by atoms with van der Waals surface area (Å²) < 4.78 is 22.8. The maximum atomic E-state index is 12.8. The molecule has 3 atom stereocenters. The third-order valence-electron chi connectivity index (χ3n) is 8.93. The minimum Gasteiger partial charge on any atom is -0.574 e. The van der Waals surface area contributed by atoms with Gasteiger partial charge in [-0.25, -0.2) is 14.4 Å². The maximum absolute atomic E-state index is 12.8. The van der Waals surface area contributed by atoms with Crippen molar-refractivity contribution in [3.8, 4) is 0 Å². The van der Waals surface area contributed by atoms with Crippen LogP contribution in [0.4, 0.5) is 0 Å². The van der Waals surface area contributed by atoms with Crippen molar-refractivity contribution >= 4 is 17.9 Å². The van der Waals surface area contributed by atoms with Crippen LogP contribution in [0.1, 0.15) is 91.9 Å². The Kier molecular flexibility index (Phi) is 7.48. The zero-order valence-electron chi connectivity index (χ0n) is 23.9. The van der Waals surface area contributed by atoms with E-state index >= 15 is 0 Å². The quantitative estimate of drug-likeness (QED) is 0.267. The Morgan fingerprint density at radius 2 is 1.35 bits per heavy atom. The second-order valence-corrected chi connectivity index (χ2v) is 12.8. The van der Waals surface area contributed by atoms with Crippen LogP contribution in [-0.2, 0) is 33.3 Å². The minimum atomic E-state index is -1.16. The number of allylic oxidation sites excluding steroid dienone is 6. The van der Waals surface area contributed by atoms with Crippen molar-refractivity contribution in [1.29, 1.82) is 0 Å². The molecule has 2 aliphatic heterocycles. The van der Waals surface area contributed by atoms with E-state index in [9.17, 15) is 19.5 Å². The lowest BCUT2D eigenvalue weighted by molar-refractivity contribution is -0.407. The predicted octanol–water partition coefficient (Wildman–Crippen LogP) is 5.20. The first-order valence-corrected chi connectivity index (χ1v) is 14.5. The first-order chi connectivity index (χ1) is 18.9. The molecule has 1 saturated heterocycles. The molecular weight excluding hydrogens is 512 g/mol. The van der Waals surface area contributed by atoms with Gasteiger partial charge < -0.3 is 24.1 Å². The second kappa shape index (κ2) is 10.6. The van der Waals surface area contributed by atoms with Gasteiger partial charge in [-0.15, -0.1) is 0 Å². The van der Waals surface area contributed by atoms with Crippen LogP contribution in [0.3, 0.4) is 0 Å². The van der Waals surface area contributed by atoms with Gasteiger partial charge in [-0.1, -0.05) is 58.8 Å². The van der Waals surface area contributed by atoms with Crippen LogP contribution >= 0.6 is 0 Å². The van der Waals surface area contributed by atoms with Crippen LogP contribution in [0, 0.1) is 17.3 Å². The van der Waals surface area contributed by atoms with Gasteiger partial charge >= 0.3 is 17.9 Å². The molecule has 216 valence electrons. The lowest BCUT2D eigenvalue weighted by Gasteiger charge is -2.50. The molecule has 5 aliphatic rings. The first-order valence-electron chi connectivity index (χ1n) is 14.5. The molecule has 3 fully saturated rings. The molecule has 8 heteroatoms. The lowest BCUT2D eigenvalue weighted by atomic mass is 9.75. The Labute approximate surface area is 235 Å². The molecular formula is C32H39O8-. The molecule has 40 heavy (non-hydrogen) atoms. The largest absolute Gasteiger partial charge is 0.574 e. The van der Waals surface area contributed by atoms with E-state index in [-0.39, 0.29) is 28.4 Å². The molecule has 3 aliphatic carbocycles. The van der Waals surface area contributed by atoms with Gasteiger partial charge in [0, 0.05) is 18.3 Å². The number of ether oxygens (including phenoxy) is 4. The Bertz CT molecular complexity index is 1230. The highest BCUT2D eigenvalue weighted by molar-refractivity contribution is 6.15. The summed E-state index contributed by atoms with van der Waals surface area (Å²) in [5.74, 6) is -5.02. The van der Waals surface area contributed by atoms with Gasteiger partial charge in [0.2, 0.25) is 0 Å². The molecule has 0 bridgehead atoms. The highest BCUT2D eigenvalue weighted by Gasteiger charge is 2.50. The van der Waals surface area contributed by atoms with Crippen LogP contribution in [0.25, 0.3) is 0 Å². The predicted molar refractivity (Wildman–Crippen MR) is 144 cm³/mol. The van der Waals surface area contributed by atoms with Crippen molar-refractivity contribution in [3.05, 3.63) is 58.6 Å². The van der Waals surface area contributed by atoms with E-state index in [4.69, 9.17) is 18.9 Å². The smallest absolute Gasteiger partial charge is 0.348 e. The number of carbonyl (C=O) groups excluding carboxylic acids is 3. The van der Waals surface area contributed by atoms with E-state index in [2.05, 4.69) is 13.8 Å². The van der Waals surface area contributed by atoms with Gasteiger partial charge in [0.25, 0.3) is 5.79 Å². The summed E-state index contributed by atoms with van der Waals surface area (Å²) in [6, 6.07) is 0. The molecule has 3 unspecified atom stereocenters. The molecule has 0 radical (unpaired) electrons. The Hall–Kier alpha value is -3.29. The van der Waals surface area contributed by atoms with Crippen LogP contribution in [0.15, 0.2) is 58.6 Å². The number of rotatable bonds is 3. The summed E-state index contributed by atoms with van der Waals surface area (Å²) in [4.78, 5) is 38.5. The molecule has 2 heterocycles. The summed E-state index contributed by atoms with van der Waals surface area (Å²) in [5, 5.41) is 12.8. The monoisotopic (exact) mass is 551 g/mol. The standard InChI is InChI=1S/C32H40O8/c1-20-9-5-7-15-31(20)37-26(33)24(27(34)38-31)13-11-22-17-23(19-30(3,4)18-22)12-14-25-28(35)39-32(40-29(25)36)16-8-6-10-21(32)2/h11-14,17,20-21,33H,5-10,15-16,18-19H2,1-4H3/p-1. The minimum absolute atomic E-state index is 0.0429. The molecule has 2 spiro atoms. The van der Waals surface area contributed by atoms with Crippen molar-refractivity contribution in [3.63, 3.8) is 0 Å². The molecule has 0 aromatic rings. The fraction of sp³-hybridized carbons (Fsp3) is 0.594. The third-order valence-corrected chi connectivity index (χ3v) is 8.93. The zero-order chi connectivity index (χ0) is 28.7. The average Bonchev–Trinajstić information content (AvgIpc) is 2.86. The highest BCUT2D eigenvalue weighted by Crippen LogP contribution is 2.43. The second-order valence-electron chi connectivity index (χ2n) is 12.8. The van der Waals surface area contributed by atoms with Crippen molar-refractivity contribution in [2.75, 3.05) is 0 Å². The number of carbonyl (C=O) groups is 3. The van der Waals surface area contributed by atoms with E-state index in [0.717, 1.165) is 49.7 Å². The Balaban J connectivity index is 1.34. The third kappa shape index (κ3) is 5.50. The topological polar surface area (TPSA) is 111 Å². The molecule has 8 nitrogen and oxygen atoms in total. The number of hydrogen-bond acceptors (Lipinski definition) is 8.